The van der Waals surface area contributed by atoms with Gasteiger partial charge >= 0.3 is 0 Å². The van der Waals surface area contributed by atoms with Gasteiger partial charge in [-0.25, -0.2) is 0 Å². The number of ether oxygens (including phenoxy) is 2. The third-order valence-electron chi connectivity index (χ3n) is 4.05. The van der Waals surface area contributed by atoms with Crippen molar-refractivity contribution in [2.75, 3.05) is 13.7 Å². The number of methoxy groups -OCH3 is 1. The fourth-order valence-electron chi connectivity index (χ4n) is 2.71. The van der Waals surface area contributed by atoms with Gasteiger partial charge in [0, 0.05) is 4.47 Å². The van der Waals surface area contributed by atoms with Crippen molar-refractivity contribution in [3.05, 3.63) is 94.5 Å². The first kappa shape index (κ1) is 19.0. The summed E-state index contributed by atoms with van der Waals surface area (Å²) in [6.07, 6.45) is 0. The van der Waals surface area contributed by atoms with E-state index in [1.807, 2.05) is 78.9 Å². The van der Waals surface area contributed by atoms with Crippen molar-refractivity contribution in [2.45, 2.75) is 6.04 Å². The Morgan fingerprint density at radius 2 is 1.63 bits per heavy atom. The second-order valence-electron chi connectivity index (χ2n) is 5.93. The monoisotopic (exact) mass is 425 g/mol. The van der Waals surface area contributed by atoms with Crippen molar-refractivity contribution in [1.29, 1.82) is 0 Å². The number of carbonyl (C=O) groups is 1. The van der Waals surface area contributed by atoms with E-state index in [1.165, 1.54) is 0 Å². The molecule has 0 heterocycles. The van der Waals surface area contributed by atoms with Crippen LogP contribution < -0.4 is 14.8 Å². The molecule has 1 atom stereocenters. The van der Waals surface area contributed by atoms with Crippen molar-refractivity contribution < 1.29 is 14.3 Å². The van der Waals surface area contributed by atoms with Gasteiger partial charge in [-0.2, -0.15) is 0 Å². The molecule has 0 fully saturated rings. The molecule has 3 aromatic rings. The summed E-state index contributed by atoms with van der Waals surface area (Å²) in [5, 5.41) is 3.06. The molecule has 0 aromatic heterocycles. The van der Waals surface area contributed by atoms with Crippen LogP contribution in [0, 0.1) is 0 Å². The molecule has 3 rings (SSSR count). The van der Waals surface area contributed by atoms with E-state index in [9.17, 15) is 4.79 Å². The van der Waals surface area contributed by atoms with E-state index in [0.29, 0.717) is 5.75 Å². The molecule has 4 nitrogen and oxygen atoms in total. The minimum Gasteiger partial charge on any atom is -0.497 e. The zero-order valence-corrected chi connectivity index (χ0v) is 16.5. The summed E-state index contributed by atoms with van der Waals surface area (Å²) in [6, 6.07) is 24.7. The first-order valence-corrected chi connectivity index (χ1v) is 9.31. The molecule has 1 amide bonds. The molecular weight excluding hydrogens is 406 g/mol. The molecule has 1 N–H and O–H groups in total. The maximum atomic E-state index is 12.5. The van der Waals surface area contributed by atoms with Gasteiger partial charge in [-0.15, -0.1) is 0 Å². The molecule has 0 aliphatic carbocycles. The number of rotatable bonds is 7. The molecule has 27 heavy (non-hydrogen) atoms. The largest absolute Gasteiger partial charge is 0.497 e. The van der Waals surface area contributed by atoms with Crippen LogP contribution in [0.4, 0.5) is 0 Å². The van der Waals surface area contributed by atoms with Gasteiger partial charge in [-0.05, 0) is 41.5 Å². The van der Waals surface area contributed by atoms with E-state index in [0.717, 1.165) is 21.3 Å². The lowest BCUT2D eigenvalue weighted by Crippen LogP contribution is -2.33. The van der Waals surface area contributed by atoms with Crippen LogP contribution in [0.15, 0.2) is 83.3 Å². The topological polar surface area (TPSA) is 47.6 Å². The van der Waals surface area contributed by atoms with E-state index in [2.05, 4.69) is 21.2 Å². The number of benzene rings is 3. The van der Waals surface area contributed by atoms with Gasteiger partial charge in [-0.3, -0.25) is 4.79 Å². The number of amides is 1. The lowest BCUT2D eigenvalue weighted by atomic mass is 9.98. The van der Waals surface area contributed by atoms with Crippen molar-refractivity contribution in [1.82, 2.24) is 5.32 Å². The van der Waals surface area contributed by atoms with E-state index in [4.69, 9.17) is 9.47 Å². The summed E-state index contributed by atoms with van der Waals surface area (Å²) in [5.41, 5.74) is 1.97. The molecule has 5 heteroatoms. The Balaban J connectivity index is 1.73. The highest BCUT2D eigenvalue weighted by atomic mass is 79.9. The molecular formula is C22H20BrNO3. The van der Waals surface area contributed by atoms with Crippen LogP contribution in [-0.2, 0) is 4.79 Å². The molecule has 0 spiro atoms. The van der Waals surface area contributed by atoms with Crippen LogP contribution in [-0.4, -0.2) is 19.6 Å². The van der Waals surface area contributed by atoms with Crippen LogP contribution in [0.2, 0.25) is 0 Å². The Bertz CT molecular complexity index is 882. The maximum absolute atomic E-state index is 12.5. The second-order valence-corrected chi connectivity index (χ2v) is 6.85. The van der Waals surface area contributed by atoms with Crippen LogP contribution in [0.5, 0.6) is 11.5 Å². The average Bonchev–Trinajstić information content (AvgIpc) is 2.71. The Hall–Kier alpha value is -2.79. The Morgan fingerprint density at radius 1 is 0.926 bits per heavy atom. The third kappa shape index (κ3) is 5.34. The molecule has 0 bridgehead atoms. The Kier molecular flexibility index (Phi) is 6.49. The first-order valence-electron chi connectivity index (χ1n) is 8.52. The Morgan fingerprint density at radius 3 is 2.30 bits per heavy atom. The van der Waals surface area contributed by atoms with Crippen molar-refractivity contribution in [3.63, 3.8) is 0 Å². The van der Waals surface area contributed by atoms with Gasteiger partial charge in [-0.1, -0.05) is 64.5 Å². The van der Waals surface area contributed by atoms with E-state index >= 15 is 0 Å². The number of hydrogen-bond acceptors (Lipinski definition) is 3. The lowest BCUT2D eigenvalue weighted by Gasteiger charge is -2.20. The third-order valence-corrected chi connectivity index (χ3v) is 4.55. The minimum absolute atomic E-state index is 0.0596. The smallest absolute Gasteiger partial charge is 0.258 e. The zero-order chi connectivity index (χ0) is 19.1. The molecule has 0 saturated heterocycles. The molecule has 0 radical (unpaired) electrons. The maximum Gasteiger partial charge on any atom is 0.258 e. The molecule has 1 unspecified atom stereocenters. The first-order chi connectivity index (χ1) is 13.2. The normalized spacial score (nSPS) is 11.5. The number of nitrogens with one attached hydrogen (secondary N) is 1. The second kappa shape index (κ2) is 9.24. The highest BCUT2D eigenvalue weighted by Crippen LogP contribution is 2.24. The quantitative estimate of drug-likeness (QED) is 0.594. The van der Waals surface area contributed by atoms with Crippen LogP contribution in [0.1, 0.15) is 17.2 Å². The molecule has 138 valence electrons. The van der Waals surface area contributed by atoms with Gasteiger partial charge in [0.05, 0.1) is 13.2 Å². The lowest BCUT2D eigenvalue weighted by molar-refractivity contribution is -0.123. The van der Waals surface area contributed by atoms with Crippen LogP contribution in [0.3, 0.4) is 0 Å². The van der Waals surface area contributed by atoms with Gasteiger partial charge in [0.1, 0.15) is 11.5 Å². The fraction of sp³-hybridized carbons (Fsp3) is 0.136. The fourth-order valence-corrected chi connectivity index (χ4v) is 3.09. The zero-order valence-electron chi connectivity index (χ0n) is 14.9. The number of carbonyl (C=O) groups excluding carboxylic acids is 1. The predicted octanol–water partition coefficient (Wildman–Crippen LogP) is 4.74. The van der Waals surface area contributed by atoms with Gasteiger partial charge in [0.15, 0.2) is 6.61 Å². The predicted molar refractivity (Wildman–Crippen MR) is 109 cm³/mol. The summed E-state index contributed by atoms with van der Waals surface area (Å²) in [6.45, 7) is -0.0596. The van der Waals surface area contributed by atoms with Crippen LogP contribution in [0.25, 0.3) is 0 Å². The van der Waals surface area contributed by atoms with Crippen LogP contribution >= 0.6 is 15.9 Å². The molecule has 0 saturated carbocycles. The van der Waals surface area contributed by atoms with E-state index in [-0.39, 0.29) is 18.6 Å². The minimum atomic E-state index is -0.268. The summed E-state index contributed by atoms with van der Waals surface area (Å²) in [5.74, 6) is 1.22. The highest BCUT2D eigenvalue weighted by molar-refractivity contribution is 9.10. The van der Waals surface area contributed by atoms with Gasteiger partial charge in [0.2, 0.25) is 0 Å². The van der Waals surface area contributed by atoms with Crippen molar-refractivity contribution in [2.24, 2.45) is 0 Å². The highest BCUT2D eigenvalue weighted by Gasteiger charge is 2.17. The van der Waals surface area contributed by atoms with Gasteiger partial charge in [0.25, 0.3) is 5.91 Å². The van der Waals surface area contributed by atoms with E-state index in [1.54, 1.807) is 7.11 Å². The molecule has 0 aliphatic rings. The standard InChI is InChI=1S/C22H20BrNO3/c1-26-19-12-10-17(11-13-19)22(16-6-3-2-4-7-16)24-21(25)15-27-20-9-5-8-18(23)14-20/h2-14,22H,15H2,1H3,(H,24,25). The average molecular weight is 426 g/mol. The summed E-state index contributed by atoms with van der Waals surface area (Å²) >= 11 is 3.39. The van der Waals surface area contributed by atoms with E-state index < -0.39 is 0 Å². The SMILES string of the molecule is COc1ccc(C(NC(=O)COc2cccc(Br)c2)c2ccccc2)cc1. The van der Waals surface area contributed by atoms with Gasteiger partial charge < -0.3 is 14.8 Å². The Labute approximate surface area is 167 Å². The molecule has 0 aliphatic heterocycles. The van der Waals surface area contributed by atoms with Crippen molar-refractivity contribution >= 4 is 21.8 Å². The summed E-state index contributed by atoms with van der Waals surface area (Å²) in [7, 11) is 1.63. The molecule has 3 aromatic carbocycles. The number of halogens is 1. The number of hydrogen-bond donors (Lipinski definition) is 1. The van der Waals surface area contributed by atoms with Crippen molar-refractivity contribution in [3.8, 4) is 11.5 Å². The summed E-state index contributed by atoms with van der Waals surface area (Å²) < 4.78 is 11.7. The summed E-state index contributed by atoms with van der Waals surface area (Å²) in [4.78, 5) is 12.5.